The Labute approximate surface area is 171 Å². The van der Waals surface area contributed by atoms with E-state index in [2.05, 4.69) is 98.6 Å². The number of hydrazone groups is 1. The van der Waals surface area contributed by atoms with E-state index in [0.29, 0.717) is 6.54 Å². The molecule has 0 aliphatic carbocycles. The fourth-order valence-corrected chi connectivity index (χ4v) is 3.83. The van der Waals surface area contributed by atoms with Crippen molar-refractivity contribution >= 4 is 23.1 Å². The molecule has 2 rings (SSSR count). The van der Waals surface area contributed by atoms with Gasteiger partial charge in [-0.15, -0.1) is 0 Å². The van der Waals surface area contributed by atoms with Gasteiger partial charge in [-0.2, -0.15) is 5.10 Å². The highest BCUT2D eigenvalue weighted by Crippen LogP contribution is 2.38. The summed E-state index contributed by atoms with van der Waals surface area (Å²) in [6, 6.07) is 0. The fourth-order valence-electron chi connectivity index (χ4n) is 3.83. The first-order chi connectivity index (χ1) is 12.3. The van der Waals surface area contributed by atoms with E-state index in [1.165, 1.54) is 0 Å². The second kappa shape index (κ2) is 7.72. The first kappa shape index (κ1) is 24.5. The quantitative estimate of drug-likeness (QED) is 0.638. The number of amides is 1. The largest absolute Gasteiger partial charge is 0.297 e. The molecular formula is C23H41N3O2. The Kier molecular flexibility index (Phi) is 6.76. The summed E-state index contributed by atoms with van der Waals surface area (Å²) >= 11 is 0. The molecule has 1 N–H and O–H groups in total. The van der Waals surface area contributed by atoms with Crippen molar-refractivity contribution in [3.63, 3.8) is 0 Å². The number of Topliss-reactive ketones (excluding diaryl/α,β-unsaturated/α-hetero) is 1. The number of aliphatic imine (C=N–C) groups is 1. The summed E-state index contributed by atoms with van der Waals surface area (Å²) in [4.78, 5) is 27.8. The molecule has 1 amide bonds. The average molecular weight is 392 g/mol. The third kappa shape index (κ3) is 5.74. The van der Waals surface area contributed by atoms with Crippen molar-refractivity contribution in [2.45, 2.75) is 83.1 Å². The van der Waals surface area contributed by atoms with Gasteiger partial charge in [0, 0.05) is 16.5 Å². The summed E-state index contributed by atoms with van der Waals surface area (Å²) in [6.45, 7) is 25.6. The van der Waals surface area contributed by atoms with Gasteiger partial charge in [-0.3, -0.25) is 14.6 Å². The Bertz CT molecular complexity index is 615. The van der Waals surface area contributed by atoms with Crippen LogP contribution in [0.15, 0.2) is 10.1 Å². The molecule has 2 aliphatic rings. The Morgan fingerprint density at radius 1 is 0.714 bits per heavy atom. The van der Waals surface area contributed by atoms with Gasteiger partial charge >= 0.3 is 0 Å². The maximum absolute atomic E-state index is 11.8. The molecule has 0 aromatic rings. The zero-order chi connectivity index (χ0) is 22.3. The van der Waals surface area contributed by atoms with E-state index in [9.17, 15) is 9.59 Å². The summed E-state index contributed by atoms with van der Waals surface area (Å²) < 4.78 is 0. The van der Waals surface area contributed by atoms with Gasteiger partial charge in [0.2, 0.25) is 5.91 Å². The number of hydrogen-bond donors (Lipinski definition) is 1. The summed E-state index contributed by atoms with van der Waals surface area (Å²) in [5.41, 5.74) is 4.54. The Hall–Kier alpha value is -1.52. The minimum absolute atomic E-state index is 0.000301. The molecular weight excluding hydrogens is 350 g/mol. The van der Waals surface area contributed by atoms with E-state index in [0.717, 1.165) is 11.4 Å². The highest BCUT2D eigenvalue weighted by atomic mass is 16.2. The van der Waals surface area contributed by atoms with Gasteiger partial charge in [0.15, 0.2) is 5.78 Å². The van der Waals surface area contributed by atoms with Crippen LogP contribution in [0.2, 0.25) is 0 Å². The van der Waals surface area contributed by atoms with E-state index in [4.69, 9.17) is 0 Å². The van der Waals surface area contributed by atoms with Crippen molar-refractivity contribution in [3.05, 3.63) is 0 Å². The molecule has 5 heteroatoms. The van der Waals surface area contributed by atoms with Gasteiger partial charge < -0.3 is 0 Å². The van der Waals surface area contributed by atoms with Gasteiger partial charge in [-0.05, 0) is 10.8 Å². The number of nitrogens with zero attached hydrogens (tertiary/aromatic N) is 2. The van der Waals surface area contributed by atoms with Crippen LogP contribution in [-0.4, -0.2) is 29.7 Å². The van der Waals surface area contributed by atoms with Crippen molar-refractivity contribution in [3.8, 4) is 0 Å². The van der Waals surface area contributed by atoms with Crippen LogP contribution in [0.1, 0.15) is 83.1 Å². The maximum Gasteiger partial charge on any atom is 0.249 e. The molecule has 0 bridgehead atoms. The Balaban J connectivity index is 0.000000280. The van der Waals surface area contributed by atoms with E-state index in [-0.39, 0.29) is 45.2 Å². The van der Waals surface area contributed by atoms with Crippen molar-refractivity contribution in [2.24, 2.45) is 43.6 Å². The van der Waals surface area contributed by atoms with E-state index >= 15 is 0 Å². The van der Waals surface area contributed by atoms with Gasteiger partial charge in [0.25, 0.3) is 0 Å². The summed E-state index contributed by atoms with van der Waals surface area (Å²) in [7, 11) is 0. The van der Waals surface area contributed by atoms with Gasteiger partial charge in [0.05, 0.1) is 24.1 Å². The van der Waals surface area contributed by atoms with Crippen LogP contribution in [-0.2, 0) is 9.59 Å². The minimum Gasteiger partial charge on any atom is -0.297 e. The molecule has 5 nitrogen and oxygen atoms in total. The normalized spacial score (nSPS) is 23.7. The summed E-state index contributed by atoms with van der Waals surface area (Å²) in [5, 5.41) is 4.15. The summed E-state index contributed by atoms with van der Waals surface area (Å²) in [5.74, 6) is 0.231. The predicted molar refractivity (Wildman–Crippen MR) is 118 cm³/mol. The van der Waals surface area contributed by atoms with Crippen molar-refractivity contribution in [2.75, 3.05) is 6.54 Å². The van der Waals surface area contributed by atoms with Crippen LogP contribution in [0.25, 0.3) is 0 Å². The molecule has 0 aromatic heterocycles. The SMILES string of the molecule is CC(C)(C)C1=NCC(=O)C1C(C)(C)C.CC(C)(C)C1=NNC(=O)C1C(C)(C)C. The number of ketones is 1. The molecule has 0 saturated heterocycles. The molecule has 160 valence electrons. The van der Waals surface area contributed by atoms with Gasteiger partial charge in [0.1, 0.15) is 0 Å². The smallest absolute Gasteiger partial charge is 0.249 e. The van der Waals surface area contributed by atoms with Crippen molar-refractivity contribution < 1.29 is 9.59 Å². The molecule has 0 aromatic carbocycles. The van der Waals surface area contributed by atoms with Crippen LogP contribution < -0.4 is 5.43 Å². The van der Waals surface area contributed by atoms with Gasteiger partial charge in [-0.25, -0.2) is 5.43 Å². The van der Waals surface area contributed by atoms with Crippen LogP contribution in [0, 0.1) is 33.5 Å². The molecule has 0 saturated carbocycles. The standard InChI is InChI=1S/C12H21NO.C11H20N2O/c1-11(2,3)9-8(14)7-13-10(9)12(4,5)6;1-10(2,3)7-8(11(4,5)6)12-13-9(7)14/h9H,7H2,1-6H3;7H,1-6H3,(H,13,14). The van der Waals surface area contributed by atoms with E-state index < -0.39 is 0 Å². The lowest BCUT2D eigenvalue weighted by atomic mass is 9.70. The van der Waals surface area contributed by atoms with Crippen LogP contribution >= 0.6 is 0 Å². The zero-order valence-corrected chi connectivity index (χ0v) is 20.1. The molecule has 2 atom stereocenters. The first-order valence-corrected chi connectivity index (χ1v) is 10.2. The molecule has 0 spiro atoms. The van der Waals surface area contributed by atoms with Crippen molar-refractivity contribution in [1.29, 1.82) is 0 Å². The van der Waals surface area contributed by atoms with Gasteiger partial charge in [-0.1, -0.05) is 83.1 Å². The number of carbonyl (C=O) groups is 2. The zero-order valence-electron chi connectivity index (χ0n) is 20.1. The van der Waals surface area contributed by atoms with Crippen LogP contribution in [0.5, 0.6) is 0 Å². The number of hydrogen-bond acceptors (Lipinski definition) is 4. The summed E-state index contributed by atoms with van der Waals surface area (Å²) in [6.07, 6.45) is 0. The minimum atomic E-state index is -0.0949. The third-order valence-electron chi connectivity index (χ3n) is 5.09. The second-order valence-electron chi connectivity index (χ2n) is 12.2. The third-order valence-corrected chi connectivity index (χ3v) is 5.09. The molecule has 28 heavy (non-hydrogen) atoms. The first-order valence-electron chi connectivity index (χ1n) is 10.2. The number of rotatable bonds is 0. The monoisotopic (exact) mass is 391 g/mol. The average Bonchev–Trinajstić information content (AvgIpc) is 3.00. The molecule has 0 radical (unpaired) electrons. The van der Waals surface area contributed by atoms with Crippen LogP contribution in [0.4, 0.5) is 0 Å². The number of carbonyl (C=O) groups excluding carboxylic acids is 2. The molecule has 0 fully saturated rings. The predicted octanol–water partition coefficient (Wildman–Crippen LogP) is 4.90. The fraction of sp³-hybridized carbons (Fsp3) is 0.826. The lowest BCUT2D eigenvalue weighted by molar-refractivity contribution is -0.124. The van der Waals surface area contributed by atoms with Crippen molar-refractivity contribution in [1.82, 2.24) is 5.43 Å². The van der Waals surface area contributed by atoms with E-state index in [1.54, 1.807) is 0 Å². The topological polar surface area (TPSA) is 70.9 Å². The molecule has 2 heterocycles. The highest BCUT2D eigenvalue weighted by molar-refractivity contribution is 6.13. The Morgan fingerprint density at radius 2 is 1.14 bits per heavy atom. The lowest BCUT2D eigenvalue weighted by Crippen LogP contribution is -2.39. The van der Waals surface area contributed by atoms with E-state index in [1.807, 2.05) is 0 Å². The molecule has 2 aliphatic heterocycles. The molecule has 2 unspecified atom stereocenters. The van der Waals surface area contributed by atoms with Crippen LogP contribution in [0.3, 0.4) is 0 Å². The highest BCUT2D eigenvalue weighted by Gasteiger charge is 2.44. The lowest BCUT2D eigenvalue weighted by Gasteiger charge is -2.32. The second-order valence-corrected chi connectivity index (χ2v) is 12.2. The number of nitrogens with one attached hydrogen (secondary N) is 1. The maximum atomic E-state index is 11.8. The Morgan fingerprint density at radius 3 is 1.43 bits per heavy atom.